The zero-order valence-electron chi connectivity index (χ0n) is 18.5. The molecule has 3 aromatic rings. The Morgan fingerprint density at radius 2 is 1.78 bits per heavy atom. The predicted molar refractivity (Wildman–Crippen MR) is 123 cm³/mol. The van der Waals surface area contributed by atoms with Crippen molar-refractivity contribution >= 4 is 16.7 Å². The topological polar surface area (TPSA) is 68.5 Å². The SMILES string of the molecule is COc1cc(C#N)c(OC2CCC(C(=O)OCc3cccc4ccccc34)CC2)cc1C. The van der Waals surface area contributed by atoms with Crippen LogP contribution in [0.15, 0.2) is 54.6 Å². The van der Waals surface area contributed by atoms with Crippen LogP contribution in [0.3, 0.4) is 0 Å². The molecule has 5 nitrogen and oxygen atoms in total. The largest absolute Gasteiger partial charge is 0.496 e. The highest BCUT2D eigenvalue weighted by Gasteiger charge is 2.29. The van der Waals surface area contributed by atoms with Gasteiger partial charge in [0, 0.05) is 6.07 Å². The number of esters is 1. The Balaban J connectivity index is 1.32. The summed E-state index contributed by atoms with van der Waals surface area (Å²) in [5.41, 5.74) is 2.41. The fraction of sp³-hybridized carbons (Fsp3) is 0.333. The zero-order chi connectivity index (χ0) is 22.5. The number of carbonyl (C=O) groups excluding carboxylic acids is 1. The van der Waals surface area contributed by atoms with Crippen LogP contribution >= 0.6 is 0 Å². The van der Waals surface area contributed by atoms with Gasteiger partial charge < -0.3 is 14.2 Å². The molecule has 0 atom stereocenters. The standard InChI is InChI=1S/C27H27NO4/c1-18-14-26(22(16-28)15-25(18)30-2)32-23-12-10-20(11-13-23)27(29)31-17-21-8-5-7-19-6-3-4-9-24(19)21/h3-9,14-15,20,23H,10-13,17H2,1-2H3. The maximum absolute atomic E-state index is 12.7. The summed E-state index contributed by atoms with van der Waals surface area (Å²) in [6.07, 6.45) is 2.93. The molecule has 3 aromatic carbocycles. The number of fused-ring (bicyclic) bond motifs is 1. The lowest BCUT2D eigenvalue weighted by molar-refractivity contribution is -0.151. The first-order chi connectivity index (χ1) is 15.6. The van der Waals surface area contributed by atoms with Crippen LogP contribution in [0.2, 0.25) is 0 Å². The highest BCUT2D eigenvalue weighted by Crippen LogP contribution is 2.33. The molecule has 0 N–H and O–H groups in total. The molecule has 1 saturated carbocycles. The minimum absolute atomic E-state index is 0.0167. The molecular formula is C27H27NO4. The minimum atomic E-state index is -0.144. The molecule has 5 heteroatoms. The highest BCUT2D eigenvalue weighted by atomic mass is 16.5. The molecule has 4 rings (SSSR count). The Morgan fingerprint density at radius 3 is 2.53 bits per heavy atom. The van der Waals surface area contributed by atoms with E-state index in [4.69, 9.17) is 14.2 Å². The van der Waals surface area contributed by atoms with Crippen LogP contribution in [-0.4, -0.2) is 19.2 Å². The van der Waals surface area contributed by atoms with Gasteiger partial charge in [0.1, 0.15) is 24.2 Å². The number of ether oxygens (including phenoxy) is 3. The average Bonchev–Trinajstić information content (AvgIpc) is 2.83. The molecule has 1 aliphatic rings. The van der Waals surface area contributed by atoms with Gasteiger partial charge in [0.2, 0.25) is 0 Å². The van der Waals surface area contributed by atoms with Gasteiger partial charge >= 0.3 is 5.97 Å². The molecule has 0 bridgehead atoms. The smallest absolute Gasteiger partial charge is 0.309 e. The van der Waals surface area contributed by atoms with Gasteiger partial charge in [-0.25, -0.2) is 0 Å². The number of nitrogens with zero attached hydrogens (tertiary/aromatic N) is 1. The second kappa shape index (κ2) is 9.74. The molecule has 1 fully saturated rings. The molecule has 1 aliphatic carbocycles. The molecule has 0 radical (unpaired) electrons. The maximum atomic E-state index is 12.7. The van der Waals surface area contributed by atoms with Gasteiger partial charge in [0.15, 0.2) is 0 Å². The third-order valence-corrected chi connectivity index (χ3v) is 6.17. The van der Waals surface area contributed by atoms with Crippen LogP contribution in [0.25, 0.3) is 10.8 Å². The first-order valence-electron chi connectivity index (χ1n) is 11.0. The van der Waals surface area contributed by atoms with Crippen molar-refractivity contribution in [1.82, 2.24) is 0 Å². The Morgan fingerprint density at radius 1 is 1.03 bits per heavy atom. The van der Waals surface area contributed by atoms with E-state index >= 15 is 0 Å². The van der Waals surface area contributed by atoms with E-state index in [2.05, 4.69) is 24.3 Å². The number of hydrogen-bond acceptors (Lipinski definition) is 5. The molecule has 0 amide bonds. The van der Waals surface area contributed by atoms with E-state index < -0.39 is 0 Å². The second-order valence-electron chi connectivity index (χ2n) is 8.27. The molecular weight excluding hydrogens is 402 g/mol. The number of hydrogen-bond donors (Lipinski definition) is 0. The maximum Gasteiger partial charge on any atom is 0.309 e. The molecule has 0 aromatic heterocycles. The van der Waals surface area contributed by atoms with Gasteiger partial charge in [-0.2, -0.15) is 5.26 Å². The van der Waals surface area contributed by atoms with Crippen LogP contribution in [0.4, 0.5) is 0 Å². The van der Waals surface area contributed by atoms with Crippen LogP contribution in [0, 0.1) is 24.2 Å². The Labute approximate surface area is 188 Å². The van der Waals surface area contributed by atoms with Crippen molar-refractivity contribution in [2.24, 2.45) is 5.92 Å². The van der Waals surface area contributed by atoms with Gasteiger partial charge in [0.25, 0.3) is 0 Å². The summed E-state index contributed by atoms with van der Waals surface area (Å²) in [6.45, 7) is 2.21. The van der Waals surface area contributed by atoms with Gasteiger partial charge in [-0.15, -0.1) is 0 Å². The van der Waals surface area contributed by atoms with Gasteiger partial charge in [0.05, 0.1) is 24.7 Å². The van der Waals surface area contributed by atoms with E-state index in [9.17, 15) is 10.1 Å². The van der Waals surface area contributed by atoms with Crippen LogP contribution in [-0.2, 0) is 16.1 Å². The van der Waals surface area contributed by atoms with E-state index in [-0.39, 0.29) is 24.6 Å². The minimum Gasteiger partial charge on any atom is -0.496 e. The Kier molecular flexibility index (Phi) is 6.61. The number of rotatable bonds is 6. The van der Waals surface area contributed by atoms with E-state index in [0.717, 1.165) is 47.6 Å². The number of aryl methyl sites for hydroxylation is 1. The number of benzene rings is 3. The zero-order valence-corrected chi connectivity index (χ0v) is 18.5. The van der Waals surface area contributed by atoms with Gasteiger partial charge in [-0.05, 0) is 60.6 Å². The Hall–Kier alpha value is -3.52. The Bertz CT molecular complexity index is 1150. The molecule has 0 saturated heterocycles. The predicted octanol–water partition coefficient (Wildman–Crippen LogP) is 5.71. The summed E-state index contributed by atoms with van der Waals surface area (Å²) >= 11 is 0. The average molecular weight is 430 g/mol. The van der Waals surface area contributed by atoms with Crippen LogP contribution in [0.1, 0.15) is 42.4 Å². The summed E-state index contributed by atoms with van der Waals surface area (Å²) in [6, 6.07) is 19.9. The van der Waals surface area contributed by atoms with E-state index in [0.29, 0.717) is 17.1 Å². The van der Waals surface area contributed by atoms with E-state index in [1.807, 2.05) is 37.3 Å². The lowest BCUT2D eigenvalue weighted by atomic mass is 9.87. The number of carbonyl (C=O) groups is 1. The fourth-order valence-corrected chi connectivity index (χ4v) is 4.35. The van der Waals surface area contributed by atoms with Gasteiger partial charge in [-0.1, -0.05) is 42.5 Å². The van der Waals surface area contributed by atoms with Crippen LogP contribution < -0.4 is 9.47 Å². The number of nitriles is 1. The van der Waals surface area contributed by atoms with Crippen molar-refractivity contribution in [3.63, 3.8) is 0 Å². The molecule has 164 valence electrons. The molecule has 0 heterocycles. The lowest BCUT2D eigenvalue weighted by Gasteiger charge is -2.28. The molecule has 0 unspecified atom stereocenters. The third kappa shape index (κ3) is 4.70. The molecule has 0 spiro atoms. The molecule has 0 aliphatic heterocycles. The first-order valence-corrected chi connectivity index (χ1v) is 11.0. The van der Waals surface area contributed by atoms with Crippen molar-refractivity contribution in [2.45, 2.75) is 45.3 Å². The van der Waals surface area contributed by atoms with E-state index in [1.165, 1.54) is 0 Å². The van der Waals surface area contributed by atoms with Crippen molar-refractivity contribution in [2.75, 3.05) is 7.11 Å². The number of methoxy groups -OCH3 is 1. The van der Waals surface area contributed by atoms with Crippen molar-refractivity contribution in [3.8, 4) is 17.6 Å². The van der Waals surface area contributed by atoms with Gasteiger partial charge in [-0.3, -0.25) is 4.79 Å². The second-order valence-corrected chi connectivity index (χ2v) is 8.27. The fourth-order valence-electron chi connectivity index (χ4n) is 4.35. The lowest BCUT2D eigenvalue weighted by Crippen LogP contribution is -2.29. The molecule has 32 heavy (non-hydrogen) atoms. The van der Waals surface area contributed by atoms with Crippen LogP contribution in [0.5, 0.6) is 11.5 Å². The summed E-state index contributed by atoms with van der Waals surface area (Å²) in [4.78, 5) is 12.7. The van der Waals surface area contributed by atoms with E-state index in [1.54, 1.807) is 13.2 Å². The monoisotopic (exact) mass is 429 g/mol. The summed E-state index contributed by atoms with van der Waals surface area (Å²) in [7, 11) is 1.59. The third-order valence-electron chi connectivity index (χ3n) is 6.17. The van der Waals surface area contributed by atoms with Crippen molar-refractivity contribution < 1.29 is 19.0 Å². The highest BCUT2D eigenvalue weighted by molar-refractivity contribution is 5.85. The van der Waals surface area contributed by atoms with Crippen molar-refractivity contribution in [3.05, 3.63) is 71.3 Å². The first kappa shape index (κ1) is 21.7. The quantitative estimate of drug-likeness (QED) is 0.470. The normalized spacial score (nSPS) is 18.0. The summed E-state index contributed by atoms with van der Waals surface area (Å²) in [5.74, 6) is 0.992. The van der Waals surface area contributed by atoms with Crippen molar-refractivity contribution in [1.29, 1.82) is 5.26 Å². The summed E-state index contributed by atoms with van der Waals surface area (Å²) in [5, 5.41) is 11.7. The summed E-state index contributed by atoms with van der Waals surface area (Å²) < 4.78 is 17.1.